The van der Waals surface area contributed by atoms with Crippen molar-refractivity contribution in [1.82, 2.24) is 18.3 Å². The van der Waals surface area contributed by atoms with Crippen LogP contribution in [-0.4, -0.2) is 18.3 Å². The van der Waals surface area contributed by atoms with E-state index in [0.29, 0.717) is 0 Å². The predicted octanol–water partition coefficient (Wildman–Crippen LogP) is 19.6. The van der Waals surface area contributed by atoms with Crippen LogP contribution in [0.25, 0.3) is 121 Å². The van der Waals surface area contributed by atoms with Crippen molar-refractivity contribution in [3.8, 4) is 33.9 Å². The van der Waals surface area contributed by atoms with E-state index >= 15 is 0 Å². The van der Waals surface area contributed by atoms with E-state index in [1.54, 1.807) is 0 Å². The predicted molar refractivity (Wildman–Crippen MR) is 325 cm³/mol. The molecule has 4 heterocycles. The average molecular weight is 983 g/mol. The monoisotopic (exact) mass is 982 g/mol. The third kappa shape index (κ3) is 7.10. The second kappa shape index (κ2) is 16.4. The molecule has 0 fully saturated rings. The van der Waals surface area contributed by atoms with Gasteiger partial charge in [-0.3, -0.25) is 0 Å². The summed E-state index contributed by atoms with van der Waals surface area (Å²) in [7, 11) is 0. The van der Waals surface area contributed by atoms with Crippen LogP contribution < -0.4 is 0 Å². The largest absolute Gasteiger partial charge is 0.309 e. The van der Waals surface area contributed by atoms with Crippen LogP contribution in [0.3, 0.4) is 0 Å². The average Bonchev–Trinajstić information content (AvgIpc) is 4.31. The second-order valence-corrected chi connectivity index (χ2v) is 24.3. The number of rotatable bonds is 5. The molecular weight excluding hydrogens is 921 g/mol. The molecule has 14 aromatic rings. The summed E-state index contributed by atoms with van der Waals surface area (Å²) < 4.78 is 10.1. The van der Waals surface area contributed by atoms with Crippen LogP contribution >= 0.6 is 0 Å². The molecule has 0 saturated carbocycles. The van der Waals surface area contributed by atoms with E-state index in [1.807, 2.05) is 0 Å². The summed E-state index contributed by atoms with van der Waals surface area (Å²) in [6.45, 7) is 20.8. The van der Waals surface area contributed by atoms with E-state index in [1.165, 1.54) is 104 Å². The van der Waals surface area contributed by atoms with Gasteiger partial charge in [-0.25, -0.2) is 0 Å². The van der Waals surface area contributed by atoms with Gasteiger partial charge in [-0.2, -0.15) is 0 Å². The van der Waals surface area contributed by atoms with Gasteiger partial charge >= 0.3 is 0 Å². The lowest BCUT2D eigenvalue weighted by Gasteiger charge is -2.21. The Morgan fingerprint density at radius 3 is 0.658 bits per heavy atom. The molecule has 0 saturated heterocycles. The highest BCUT2D eigenvalue weighted by atomic mass is 15.0. The van der Waals surface area contributed by atoms with Crippen LogP contribution in [0.15, 0.2) is 212 Å². The van der Waals surface area contributed by atoms with Gasteiger partial charge in [0, 0.05) is 65.8 Å². The van der Waals surface area contributed by atoms with Crippen molar-refractivity contribution >= 4 is 87.2 Å². The van der Waals surface area contributed by atoms with Gasteiger partial charge in [0.05, 0.1) is 44.1 Å². The molecule has 0 bridgehead atoms. The van der Waals surface area contributed by atoms with Gasteiger partial charge in [0.25, 0.3) is 0 Å². The van der Waals surface area contributed by atoms with Crippen LogP contribution in [0, 0.1) is 0 Å². The first-order valence-corrected chi connectivity index (χ1v) is 27.0. The Morgan fingerprint density at radius 1 is 0.211 bits per heavy atom. The fraction of sp³-hybridized carbons (Fsp3) is 0.167. The minimum atomic E-state index is -0.0413. The molecule has 0 unspecified atom stereocenters. The zero-order valence-corrected chi connectivity index (χ0v) is 45.0. The Bertz CT molecular complexity index is 4490. The Kier molecular flexibility index (Phi) is 9.95. The minimum Gasteiger partial charge on any atom is -0.309 e. The van der Waals surface area contributed by atoms with E-state index in [0.717, 1.165) is 33.9 Å². The summed E-state index contributed by atoms with van der Waals surface area (Å²) >= 11 is 0. The summed E-state index contributed by atoms with van der Waals surface area (Å²) in [6, 6.07) is 80.6. The SMILES string of the molecule is CC(C)(C)c1ccc2c3ccccc3n(-c3cc(-c4cc(-n5c6ccccc6c6ccc(C(C)(C)C)cc65)cc(-n5c6ccccc6c6ccc(C(C)(C)C)cc65)c4)cc(-n4c5ccccc5c5ccccc54)c3)c2c1. The number of nitrogens with zero attached hydrogens (tertiary/aromatic N) is 4. The fourth-order valence-corrected chi connectivity index (χ4v) is 12.4. The summed E-state index contributed by atoms with van der Waals surface area (Å²) in [6.07, 6.45) is 0. The topological polar surface area (TPSA) is 19.7 Å². The maximum atomic E-state index is 2.53. The molecule has 370 valence electrons. The molecule has 0 amide bonds. The van der Waals surface area contributed by atoms with Gasteiger partial charge in [-0.05, 0) is 129 Å². The van der Waals surface area contributed by atoms with Crippen molar-refractivity contribution in [3.05, 3.63) is 229 Å². The number of hydrogen-bond acceptors (Lipinski definition) is 0. The fourth-order valence-electron chi connectivity index (χ4n) is 12.4. The highest BCUT2D eigenvalue weighted by molar-refractivity contribution is 6.13. The van der Waals surface area contributed by atoms with Crippen LogP contribution in [-0.2, 0) is 16.2 Å². The lowest BCUT2D eigenvalue weighted by atomic mass is 9.86. The second-order valence-electron chi connectivity index (χ2n) is 24.3. The third-order valence-corrected chi connectivity index (χ3v) is 16.4. The molecular formula is C72H62N4. The Balaban J connectivity index is 1.14. The van der Waals surface area contributed by atoms with E-state index < -0.39 is 0 Å². The molecule has 0 aliphatic heterocycles. The lowest BCUT2D eigenvalue weighted by Crippen LogP contribution is -2.11. The van der Waals surface area contributed by atoms with E-state index in [4.69, 9.17) is 0 Å². The molecule has 0 spiro atoms. The molecule has 4 nitrogen and oxygen atoms in total. The number of fused-ring (bicyclic) bond motifs is 12. The van der Waals surface area contributed by atoms with Gasteiger partial charge in [-0.15, -0.1) is 0 Å². The highest BCUT2D eigenvalue weighted by Crippen LogP contribution is 2.43. The Labute approximate surface area is 444 Å². The van der Waals surface area contributed by atoms with Crippen molar-refractivity contribution in [2.75, 3.05) is 0 Å². The van der Waals surface area contributed by atoms with E-state index in [9.17, 15) is 0 Å². The Hall–Kier alpha value is -8.60. The van der Waals surface area contributed by atoms with Crippen molar-refractivity contribution < 1.29 is 0 Å². The third-order valence-electron chi connectivity index (χ3n) is 16.4. The first-order chi connectivity index (χ1) is 36.6. The maximum absolute atomic E-state index is 2.53. The standard InChI is InChI=1S/C72H62N4/c1-70(2,3)47-30-33-59-56-22-12-17-27-64(56)74(67(59)40-47)51-37-45(36-50(43-51)73-62-25-15-10-20-54(62)55-21-11-16-26-63(55)73)46-38-52(75-65-28-18-13-23-57(65)60-34-31-48(41-68(60)75)71(4,5)6)44-53(39-46)76-66-29-19-14-24-58(66)61-35-32-49(42-69(61)76)72(7,8)9/h10-44H,1-9H3. The molecule has 0 aliphatic rings. The number of hydrogen-bond donors (Lipinski definition) is 0. The summed E-state index contributed by atoms with van der Waals surface area (Å²) in [4.78, 5) is 0. The normalized spacial score (nSPS) is 12.8. The number of para-hydroxylation sites is 5. The quantitative estimate of drug-likeness (QED) is 0.164. The summed E-state index contributed by atoms with van der Waals surface area (Å²) in [5.74, 6) is 0. The molecule has 0 aliphatic carbocycles. The smallest absolute Gasteiger partial charge is 0.0544 e. The van der Waals surface area contributed by atoms with Crippen LogP contribution in [0.4, 0.5) is 0 Å². The lowest BCUT2D eigenvalue weighted by molar-refractivity contribution is 0.590. The molecule has 14 rings (SSSR count). The van der Waals surface area contributed by atoms with Crippen LogP contribution in [0.5, 0.6) is 0 Å². The van der Waals surface area contributed by atoms with Crippen molar-refractivity contribution in [2.24, 2.45) is 0 Å². The van der Waals surface area contributed by atoms with E-state index in [-0.39, 0.29) is 16.2 Å². The summed E-state index contributed by atoms with van der Waals surface area (Å²) in [5.41, 5.74) is 20.0. The zero-order chi connectivity index (χ0) is 52.0. The molecule has 0 radical (unpaired) electrons. The number of benzene rings is 10. The minimum absolute atomic E-state index is 0.0385. The Morgan fingerprint density at radius 2 is 0.421 bits per heavy atom. The zero-order valence-electron chi connectivity index (χ0n) is 45.0. The highest BCUT2D eigenvalue weighted by Gasteiger charge is 2.25. The number of aromatic nitrogens is 4. The van der Waals surface area contributed by atoms with Gasteiger partial charge < -0.3 is 18.3 Å². The molecule has 10 aromatic carbocycles. The van der Waals surface area contributed by atoms with Gasteiger partial charge in [0.1, 0.15) is 0 Å². The molecule has 0 atom stereocenters. The van der Waals surface area contributed by atoms with Crippen molar-refractivity contribution in [2.45, 2.75) is 78.6 Å². The van der Waals surface area contributed by atoms with Crippen LogP contribution in [0.2, 0.25) is 0 Å². The molecule has 76 heavy (non-hydrogen) atoms. The van der Waals surface area contributed by atoms with Gasteiger partial charge in [0.15, 0.2) is 0 Å². The van der Waals surface area contributed by atoms with Gasteiger partial charge in [0.2, 0.25) is 0 Å². The van der Waals surface area contributed by atoms with Gasteiger partial charge in [-0.1, -0.05) is 190 Å². The molecule has 4 heteroatoms. The van der Waals surface area contributed by atoms with Crippen molar-refractivity contribution in [1.29, 1.82) is 0 Å². The van der Waals surface area contributed by atoms with E-state index in [2.05, 4.69) is 293 Å². The molecule has 0 N–H and O–H groups in total. The van der Waals surface area contributed by atoms with Crippen molar-refractivity contribution in [3.63, 3.8) is 0 Å². The maximum Gasteiger partial charge on any atom is 0.0544 e. The summed E-state index contributed by atoms with van der Waals surface area (Å²) in [5, 5.41) is 9.96. The van der Waals surface area contributed by atoms with Crippen LogP contribution in [0.1, 0.15) is 79.0 Å². The first kappa shape index (κ1) is 46.0. The first-order valence-electron chi connectivity index (χ1n) is 27.0. The molecule has 4 aromatic heterocycles.